The zero-order valence-corrected chi connectivity index (χ0v) is 12.2. The fourth-order valence-electron chi connectivity index (χ4n) is 2.62. The summed E-state index contributed by atoms with van der Waals surface area (Å²) in [6, 6.07) is 12.2. The quantitative estimate of drug-likeness (QED) is 0.801. The van der Waals surface area contributed by atoms with Crippen LogP contribution >= 0.6 is 0 Å². The van der Waals surface area contributed by atoms with Crippen LogP contribution in [0.3, 0.4) is 0 Å². The Balaban J connectivity index is 2.14. The summed E-state index contributed by atoms with van der Waals surface area (Å²) >= 11 is 0. The first-order chi connectivity index (χ1) is 10.2. The third-order valence-electron chi connectivity index (χ3n) is 3.61. The highest BCUT2D eigenvalue weighted by Crippen LogP contribution is 2.28. The average molecular weight is 278 g/mol. The Bertz CT molecular complexity index is 760. The molecule has 2 heterocycles. The molecule has 4 nitrogen and oxygen atoms in total. The summed E-state index contributed by atoms with van der Waals surface area (Å²) in [6.45, 7) is 4.60. The van der Waals surface area contributed by atoms with Gasteiger partial charge in [-0.15, -0.1) is 0 Å². The standard InChI is InChI=1S/C17H18N4/c1-12-17(15-8-14(9-18)10-19-11-15)13(2)21(20-12)16-6-4-3-5-7-16/h3-8,10-11H,9,18H2,1-2H3. The number of nitrogens with two attached hydrogens (primary N) is 1. The Hall–Kier alpha value is -2.46. The van der Waals surface area contributed by atoms with Gasteiger partial charge in [0.1, 0.15) is 0 Å². The molecule has 1 aromatic carbocycles. The van der Waals surface area contributed by atoms with E-state index in [1.807, 2.05) is 36.0 Å². The van der Waals surface area contributed by atoms with E-state index < -0.39 is 0 Å². The van der Waals surface area contributed by atoms with Crippen LogP contribution in [0.2, 0.25) is 0 Å². The fourth-order valence-corrected chi connectivity index (χ4v) is 2.62. The smallest absolute Gasteiger partial charge is 0.0679 e. The van der Waals surface area contributed by atoms with E-state index in [1.165, 1.54) is 0 Å². The lowest BCUT2D eigenvalue weighted by atomic mass is 10.0. The van der Waals surface area contributed by atoms with E-state index in [9.17, 15) is 0 Å². The minimum atomic E-state index is 0.492. The molecule has 0 amide bonds. The van der Waals surface area contributed by atoms with Crippen LogP contribution in [-0.2, 0) is 6.54 Å². The molecule has 0 fully saturated rings. The highest BCUT2D eigenvalue weighted by atomic mass is 15.3. The number of aryl methyl sites for hydroxylation is 1. The SMILES string of the molecule is Cc1nn(-c2ccccc2)c(C)c1-c1cncc(CN)c1. The highest BCUT2D eigenvalue weighted by Gasteiger charge is 2.14. The van der Waals surface area contributed by atoms with Crippen molar-refractivity contribution in [2.75, 3.05) is 0 Å². The number of hydrogen-bond donors (Lipinski definition) is 1. The van der Waals surface area contributed by atoms with Gasteiger partial charge >= 0.3 is 0 Å². The van der Waals surface area contributed by atoms with Gasteiger partial charge in [-0.3, -0.25) is 4.98 Å². The van der Waals surface area contributed by atoms with Crippen molar-refractivity contribution in [1.82, 2.24) is 14.8 Å². The van der Waals surface area contributed by atoms with E-state index in [0.29, 0.717) is 6.54 Å². The Morgan fingerprint density at radius 1 is 1.10 bits per heavy atom. The Kier molecular flexibility index (Phi) is 3.54. The lowest BCUT2D eigenvalue weighted by Gasteiger charge is -2.06. The maximum atomic E-state index is 5.71. The van der Waals surface area contributed by atoms with Gasteiger partial charge in [0.25, 0.3) is 0 Å². The van der Waals surface area contributed by atoms with Crippen molar-refractivity contribution in [1.29, 1.82) is 0 Å². The third-order valence-corrected chi connectivity index (χ3v) is 3.61. The molecule has 2 N–H and O–H groups in total. The molecule has 0 saturated carbocycles. The molecule has 2 aromatic heterocycles. The minimum Gasteiger partial charge on any atom is -0.326 e. The lowest BCUT2D eigenvalue weighted by molar-refractivity contribution is 0.834. The van der Waals surface area contributed by atoms with E-state index in [1.54, 1.807) is 6.20 Å². The summed E-state index contributed by atoms with van der Waals surface area (Å²) in [6.07, 6.45) is 3.67. The van der Waals surface area contributed by atoms with E-state index in [0.717, 1.165) is 33.8 Å². The molecular formula is C17H18N4. The first kappa shape index (κ1) is 13.5. The van der Waals surface area contributed by atoms with Crippen LogP contribution in [0.5, 0.6) is 0 Å². The van der Waals surface area contributed by atoms with Crippen molar-refractivity contribution in [3.05, 3.63) is 65.7 Å². The summed E-state index contributed by atoms with van der Waals surface area (Å²) in [7, 11) is 0. The van der Waals surface area contributed by atoms with Crippen molar-refractivity contribution < 1.29 is 0 Å². The molecule has 3 aromatic rings. The molecule has 0 bridgehead atoms. The first-order valence-electron chi connectivity index (χ1n) is 6.96. The fraction of sp³-hybridized carbons (Fsp3) is 0.176. The maximum Gasteiger partial charge on any atom is 0.0679 e. The first-order valence-corrected chi connectivity index (χ1v) is 6.96. The molecule has 0 atom stereocenters. The van der Waals surface area contributed by atoms with Crippen molar-refractivity contribution in [3.63, 3.8) is 0 Å². The van der Waals surface area contributed by atoms with Gasteiger partial charge < -0.3 is 5.73 Å². The summed E-state index contributed by atoms with van der Waals surface area (Å²) in [5, 5.41) is 4.67. The van der Waals surface area contributed by atoms with Crippen molar-refractivity contribution in [2.24, 2.45) is 5.73 Å². The topological polar surface area (TPSA) is 56.7 Å². The van der Waals surface area contributed by atoms with Crippen LogP contribution in [0, 0.1) is 13.8 Å². The van der Waals surface area contributed by atoms with Crippen molar-refractivity contribution in [2.45, 2.75) is 20.4 Å². The Labute approximate surface area is 124 Å². The van der Waals surface area contributed by atoms with Crippen LogP contribution in [-0.4, -0.2) is 14.8 Å². The molecule has 21 heavy (non-hydrogen) atoms. The molecular weight excluding hydrogens is 260 g/mol. The number of rotatable bonds is 3. The minimum absolute atomic E-state index is 0.492. The highest BCUT2D eigenvalue weighted by molar-refractivity contribution is 5.69. The molecule has 106 valence electrons. The average Bonchev–Trinajstić information content (AvgIpc) is 2.83. The van der Waals surface area contributed by atoms with Gasteiger partial charge in [0.15, 0.2) is 0 Å². The number of hydrogen-bond acceptors (Lipinski definition) is 3. The largest absolute Gasteiger partial charge is 0.326 e. The molecule has 0 saturated heterocycles. The van der Waals surface area contributed by atoms with Gasteiger partial charge in [-0.2, -0.15) is 5.10 Å². The predicted octanol–water partition coefficient (Wildman–Crippen LogP) is 3.01. The van der Waals surface area contributed by atoms with E-state index in [4.69, 9.17) is 5.73 Å². The second-order valence-corrected chi connectivity index (χ2v) is 5.08. The predicted molar refractivity (Wildman–Crippen MR) is 84.2 cm³/mol. The Morgan fingerprint density at radius 2 is 1.86 bits per heavy atom. The van der Waals surface area contributed by atoms with Crippen LogP contribution < -0.4 is 5.73 Å². The van der Waals surface area contributed by atoms with Gasteiger partial charge in [0.05, 0.1) is 11.4 Å². The number of nitrogens with zero attached hydrogens (tertiary/aromatic N) is 3. The summed E-state index contributed by atoms with van der Waals surface area (Å²) in [5.74, 6) is 0. The molecule has 4 heteroatoms. The second-order valence-electron chi connectivity index (χ2n) is 5.08. The van der Waals surface area contributed by atoms with Gasteiger partial charge in [0, 0.05) is 35.8 Å². The monoisotopic (exact) mass is 278 g/mol. The van der Waals surface area contributed by atoms with E-state index in [-0.39, 0.29) is 0 Å². The number of pyridine rings is 1. The number of para-hydroxylation sites is 1. The molecule has 0 aliphatic rings. The van der Waals surface area contributed by atoms with Gasteiger partial charge in [-0.1, -0.05) is 18.2 Å². The van der Waals surface area contributed by atoms with Crippen LogP contribution in [0.15, 0.2) is 48.8 Å². The van der Waals surface area contributed by atoms with Crippen LogP contribution in [0.25, 0.3) is 16.8 Å². The van der Waals surface area contributed by atoms with Gasteiger partial charge in [-0.25, -0.2) is 4.68 Å². The second kappa shape index (κ2) is 5.50. The summed E-state index contributed by atoms with van der Waals surface area (Å²) in [4.78, 5) is 4.28. The zero-order valence-electron chi connectivity index (χ0n) is 12.2. The van der Waals surface area contributed by atoms with E-state index in [2.05, 4.69) is 35.2 Å². The van der Waals surface area contributed by atoms with Crippen LogP contribution in [0.1, 0.15) is 17.0 Å². The van der Waals surface area contributed by atoms with E-state index >= 15 is 0 Å². The number of benzene rings is 1. The van der Waals surface area contributed by atoms with Crippen molar-refractivity contribution in [3.8, 4) is 16.8 Å². The maximum absolute atomic E-state index is 5.71. The normalized spacial score (nSPS) is 10.8. The molecule has 0 spiro atoms. The lowest BCUT2D eigenvalue weighted by Crippen LogP contribution is -1.99. The molecule has 0 aliphatic heterocycles. The van der Waals surface area contributed by atoms with Gasteiger partial charge in [-0.05, 0) is 37.6 Å². The molecule has 3 rings (SSSR count). The third kappa shape index (κ3) is 2.45. The summed E-state index contributed by atoms with van der Waals surface area (Å²) < 4.78 is 1.97. The Morgan fingerprint density at radius 3 is 2.57 bits per heavy atom. The van der Waals surface area contributed by atoms with Crippen molar-refractivity contribution >= 4 is 0 Å². The zero-order chi connectivity index (χ0) is 14.8. The van der Waals surface area contributed by atoms with Gasteiger partial charge in [0.2, 0.25) is 0 Å². The van der Waals surface area contributed by atoms with Crippen LogP contribution in [0.4, 0.5) is 0 Å². The molecule has 0 unspecified atom stereocenters. The molecule has 0 aliphatic carbocycles. The molecule has 0 radical (unpaired) electrons. The summed E-state index contributed by atoms with van der Waals surface area (Å²) in [5.41, 5.74) is 12.1. The number of aromatic nitrogens is 3.